The third-order valence-electron chi connectivity index (χ3n) is 4.15. The van der Waals surface area contributed by atoms with Gasteiger partial charge in [0.15, 0.2) is 0 Å². The van der Waals surface area contributed by atoms with Gasteiger partial charge in [-0.1, -0.05) is 6.42 Å². The number of piperidine rings is 1. The van der Waals surface area contributed by atoms with Crippen LogP contribution in [0.15, 0.2) is 0 Å². The second-order valence-corrected chi connectivity index (χ2v) is 4.90. The van der Waals surface area contributed by atoms with Crippen LogP contribution in [0, 0.1) is 11.8 Å². The predicted molar refractivity (Wildman–Crippen MR) is 51.4 cm³/mol. The molecule has 0 aromatic heterocycles. The first-order chi connectivity index (χ1) is 6.45. The molecular weight excluding hydrogens is 162 g/mol. The van der Waals surface area contributed by atoms with Crippen LogP contribution in [0.4, 0.5) is 0 Å². The molecule has 2 nitrogen and oxygen atoms in total. The lowest BCUT2D eigenvalue weighted by Crippen LogP contribution is -2.56. The topological polar surface area (TPSA) is 12.5 Å². The summed E-state index contributed by atoms with van der Waals surface area (Å²) in [5.41, 5.74) is 0. The molecule has 0 amide bonds. The first-order valence-corrected chi connectivity index (χ1v) is 5.77. The van der Waals surface area contributed by atoms with Crippen molar-refractivity contribution in [2.75, 3.05) is 19.9 Å². The van der Waals surface area contributed by atoms with Gasteiger partial charge in [-0.25, -0.2) is 0 Å². The summed E-state index contributed by atoms with van der Waals surface area (Å²) in [6, 6.07) is 0.899. The van der Waals surface area contributed by atoms with E-state index in [-0.39, 0.29) is 0 Å². The van der Waals surface area contributed by atoms with E-state index in [1.54, 1.807) is 0 Å². The lowest BCUT2D eigenvalue weighted by atomic mass is 9.72. The highest BCUT2D eigenvalue weighted by atomic mass is 16.5. The van der Waals surface area contributed by atoms with Crippen molar-refractivity contribution in [2.45, 2.75) is 38.1 Å². The number of nitrogens with zero attached hydrogens (tertiary/aromatic N) is 1. The smallest absolute Gasteiger partial charge is 0.0992 e. The Labute approximate surface area is 80.2 Å². The maximum Gasteiger partial charge on any atom is 0.0992 e. The Kier molecular flexibility index (Phi) is 2.06. The summed E-state index contributed by atoms with van der Waals surface area (Å²) in [4.78, 5) is 2.60. The molecule has 3 aliphatic rings. The summed E-state index contributed by atoms with van der Waals surface area (Å²) in [6.45, 7) is 3.24. The third kappa shape index (κ3) is 1.31. The van der Waals surface area contributed by atoms with Gasteiger partial charge in [-0.05, 0) is 37.5 Å². The summed E-state index contributed by atoms with van der Waals surface area (Å²) in [5, 5.41) is 0. The lowest BCUT2D eigenvalue weighted by molar-refractivity contribution is -0.128. The summed E-state index contributed by atoms with van der Waals surface area (Å²) in [6.07, 6.45) is 7.23. The lowest BCUT2D eigenvalue weighted by Gasteiger charge is -2.51. The molecule has 2 saturated heterocycles. The van der Waals surface area contributed by atoms with Gasteiger partial charge >= 0.3 is 0 Å². The molecule has 2 aliphatic heterocycles. The molecule has 13 heavy (non-hydrogen) atoms. The summed E-state index contributed by atoms with van der Waals surface area (Å²) in [7, 11) is 0. The standard InChI is InChI=1S/C11H19NO/c1-3-9-5-2-6-12-8-13-7-10(4-1)11(9)12/h9-11H,1-8H2/t9-,10-,11?/m0/s1. The fourth-order valence-corrected chi connectivity index (χ4v) is 3.64. The molecule has 0 aromatic carbocycles. The molecule has 74 valence electrons. The van der Waals surface area contributed by atoms with Crippen LogP contribution in [-0.2, 0) is 4.74 Å². The number of hydrogen-bond acceptors (Lipinski definition) is 2. The second kappa shape index (κ2) is 3.25. The number of ether oxygens (including phenoxy) is 1. The van der Waals surface area contributed by atoms with E-state index in [2.05, 4.69) is 4.90 Å². The van der Waals surface area contributed by atoms with E-state index in [9.17, 15) is 0 Å². The monoisotopic (exact) mass is 181 g/mol. The van der Waals surface area contributed by atoms with E-state index in [1.807, 2.05) is 0 Å². The molecule has 3 rings (SSSR count). The SMILES string of the molecule is C1C[C@H]2CCCN3COC[C@H](C1)C23. The Balaban J connectivity index is 1.82. The van der Waals surface area contributed by atoms with Crippen molar-refractivity contribution in [1.29, 1.82) is 0 Å². The molecular formula is C11H19NO. The van der Waals surface area contributed by atoms with Crippen molar-refractivity contribution in [1.82, 2.24) is 4.90 Å². The molecule has 0 radical (unpaired) electrons. The molecule has 2 heterocycles. The number of hydrogen-bond donors (Lipinski definition) is 0. The Morgan fingerprint density at radius 2 is 1.85 bits per heavy atom. The van der Waals surface area contributed by atoms with Crippen LogP contribution in [0.1, 0.15) is 32.1 Å². The van der Waals surface area contributed by atoms with E-state index < -0.39 is 0 Å². The van der Waals surface area contributed by atoms with Crippen LogP contribution in [0.25, 0.3) is 0 Å². The van der Waals surface area contributed by atoms with Gasteiger partial charge in [0, 0.05) is 12.6 Å². The highest BCUT2D eigenvalue weighted by Crippen LogP contribution is 2.40. The van der Waals surface area contributed by atoms with E-state index >= 15 is 0 Å². The average Bonchev–Trinajstić information content (AvgIpc) is 2.19. The predicted octanol–water partition coefficient (Wildman–Crippen LogP) is 1.85. The molecule has 1 aliphatic carbocycles. The number of rotatable bonds is 0. The van der Waals surface area contributed by atoms with Gasteiger partial charge in [-0.15, -0.1) is 0 Å². The second-order valence-electron chi connectivity index (χ2n) is 4.90. The van der Waals surface area contributed by atoms with Crippen LogP contribution in [0.3, 0.4) is 0 Å². The van der Waals surface area contributed by atoms with E-state index in [0.717, 1.165) is 31.2 Å². The minimum Gasteiger partial charge on any atom is -0.366 e. The van der Waals surface area contributed by atoms with Gasteiger partial charge in [0.1, 0.15) is 0 Å². The fourth-order valence-electron chi connectivity index (χ4n) is 3.64. The average molecular weight is 181 g/mol. The van der Waals surface area contributed by atoms with Crippen molar-refractivity contribution >= 4 is 0 Å². The molecule has 3 atom stereocenters. The summed E-state index contributed by atoms with van der Waals surface area (Å²) >= 11 is 0. The molecule has 3 fully saturated rings. The highest BCUT2D eigenvalue weighted by molar-refractivity contribution is 4.93. The zero-order valence-electron chi connectivity index (χ0n) is 8.24. The molecule has 0 N–H and O–H groups in total. The Hall–Kier alpha value is -0.0800. The van der Waals surface area contributed by atoms with Gasteiger partial charge in [0.25, 0.3) is 0 Å². The molecule has 1 saturated carbocycles. The van der Waals surface area contributed by atoms with Crippen molar-refractivity contribution in [2.24, 2.45) is 11.8 Å². The van der Waals surface area contributed by atoms with Crippen LogP contribution in [0.5, 0.6) is 0 Å². The van der Waals surface area contributed by atoms with Gasteiger partial charge in [-0.3, -0.25) is 4.90 Å². The van der Waals surface area contributed by atoms with Gasteiger partial charge in [0.05, 0.1) is 13.3 Å². The first kappa shape index (κ1) is 8.25. The van der Waals surface area contributed by atoms with Crippen LogP contribution < -0.4 is 0 Å². The van der Waals surface area contributed by atoms with Crippen LogP contribution in [-0.4, -0.2) is 30.8 Å². The molecule has 0 spiro atoms. The zero-order valence-corrected chi connectivity index (χ0v) is 8.24. The molecule has 2 heteroatoms. The minimum atomic E-state index is 0.868. The van der Waals surface area contributed by atoms with Crippen molar-refractivity contribution < 1.29 is 4.74 Å². The summed E-state index contributed by atoms with van der Waals surface area (Å²) < 4.78 is 5.65. The third-order valence-corrected chi connectivity index (χ3v) is 4.15. The Bertz CT molecular complexity index is 149. The molecule has 0 bridgehead atoms. The maximum absolute atomic E-state index is 5.65. The van der Waals surface area contributed by atoms with E-state index in [1.165, 1.54) is 38.6 Å². The van der Waals surface area contributed by atoms with Crippen molar-refractivity contribution in [3.8, 4) is 0 Å². The first-order valence-electron chi connectivity index (χ1n) is 5.77. The largest absolute Gasteiger partial charge is 0.366 e. The van der Waals surface area contributed by atoms with E-state index in [4.69, 9.17) is 4.74 Å². The van der Waals surface area contributed by atoms with Crippen LogP contribution in [0.2, 0.25) is 0 Å². The normalized spacial score (nSPS) is 45.7. The van der Waals surface area contributed by atoms with Gasteiger partial charge < -0.3 is 4.74 Å². The Morgan fingerprint density at radius 1 is 1.00 bits per heavy atom. The summed E-state index contributed by atoms with van der Waals surface area (Å²) in [5.74, 6) is 1.88. The molecule has 1 unspecified atom stereocenters. The zero-order chi connectivity index (χ0) is 8.67. The highest BCUT2D eigenvalue weighted by Gasteiger charge is 2.41. The quantitative estimate of drug-likeness (QED) is 0.565. The van der Waals surface area contributed by atoms with Crippen LogP contribution >= 0.6 is 0 Å². The van der Waals surface area contributed by atoms with Gasteiger partial charge in [0.2, 0.25) is 0 Å². The molecule has 0 aromatic rings. The van der Waals surface area contributed by atoms with Gasteiger partial charge in [-0.2, -0.15) is 0 Å². The minimum absolute atomic E-state index is 0.868. The maximum atomic E-state index is 5.65. The van der Waals surface area contributed by atoms with Crippen molar-refractivity contribution in [3.05, 3.63) is 0 Å². The Morgan fingerprint density at radius 3 is 2.85 bits per heavy atom. The van der Waals surface area contributed by atoms with E-state index in [0.29, 0.717) is 0 Å². The fraction of sp³-hybridized carbons (Fsp3) is 1.00. The van der Waals surface area contributed by atoms with Crippen molar-refractivity contribution in [3.63, 3.8) is 0 Å².